The van der Waals surface area contributed by atoms with Crippen molar-refractivity contribution >= 4 is 28.3 Å². The van der Waals surface area contributed by atoms with E-state index in [1.165, 1.54) is 0 Å². The number of hydrogen-bond donors (Lipinski definition) is 2. The fraction of sp³-hybridized carbons (Fsp3) is 0.429. The minimum absolute atomic E-state index is 0.00667. The first kappa shape index (κ1) is 14.0. The number of aliphatic hydroxyl groups excluding tert-OH is 1. The van der Waals surface area contributed by atoms with E-state index in [4.69, 9.17) is 16.7 Å². The van der Waals surface area contributed by atoms with Gasteiger partial charge in [-0.25, -0.2) is 9.97 Å². The highest BCUT2D eigenvalue weighted by molar-refractivity contribution is 6.28. The van der Waals surface area contributed by atoms with Crippen molar-refractivity contribution < 1.29 is 5.11 Å². The molecule has 4 nitrogen and oxygen atoms in total. The molecule has 0 radical (unpaired) electrons. The van der Waals surface area contributed by atoms with Gasteiger partial charge in [0.1, 0.15) is 5.82 Å². The van der Waals surface area contributed by atoms with Gasteiger partial charge in [-0.05, 0) is 35.6 Å². The van der Waals surface area contributed by atoms with Crippen LogP contribution in [0.1, 0.15) is 20.3 Å². The van der Waals surface area contributed by atoms with E-state index in [0.29, 0.717) is 6.54 Å². The molecule has 2 N–H and O–H groups in total. The van der Waals surface area contributed by atoms with Crippen molar-refractivity contribution in [3.05, 3.63) is 29.5 Å². The summed E-state index contributed by atoms with van der Waals surface area (Å²) in [6.07, 6.45) is 0.733. The molecule has 1 heterocycles. The highest BCUT2D eigenvalue weighted by atomic mass is 35.5. The SMILES string of the molecule is CC(C)(CCO)CNc1nc(Cl)nc2ccccc12. The van der Waals surface area contributed by atoms with E-state index in [1.54, 1.807) is 0 Å². The molecule has 0 amide bonds. The third-order valence-electron chi connectivity index (χ3n) is 3.10. The van der Waals surface area contributed by atoms with Crippen molar-refractivity contribution in [3.63, 3.8) is 0 Å². The lowest BCUT2D eigenvalue weighted by atomic mass is 9.90. The lowest BCUT2D eigenvalue weighted by Gasteiger charge is -2.24. The van der Waals surface area contributed by atoms with Gasteiger partial charge >= 0.3 is 0 Å². The van der Waals surface area contributed by atoms with Crippen LogP contribution in [0.5, 0.6) is 0 Å². The zero-order chi connectivity index (χ0) is 13.9. The smallest absolute Gasteiger partial charge is 0.224 e. The van der Waals surface area contributed by atoms with Gasteiger partial charge in [-0.1, -0.05) is 26.0 Å². The molecular formula is C14H18ClN3O. The van der Waals surface area contributed by atoms with Crippen LogP contribution in [0.3, 0.4) is 0 Å². The average Bonchev–Trinajstić information content (AvgIpc) is 2.36. The van der Waals surface area contributed by atoms with Gasteiger partial charge in [0.25, 0.3) is 0 Å². The highest BCUT2D eigenvalue weighted by Gasteiger charge is 2.17. The fourth-order valence-electron chi connectivity index (χ4n) is 1.90. The van der Waals surface area contributed by atoms with Gasteiger partial charge < -0.3 is 10.4 Å². The highest BCUT2D eigenvalue weighted by Crippen LogP contribution is 2.25. The standard InChI is InChI=1S/C14H18ClN3O/c1-14(2,7-8-19)9-16-12-10-5-3-4-6-11(10)17-13(15)18-12/h3-6,19H,7-9H2,1-2H3,(H,16,17,18). The zero-order valence-corrected chi connectivity index (χ0v) is 11.9. The van der Waals surface area contributed by atoms with E-state index in [0.717, 1.165) is 23.1 Å². The molecule has 2 rings (SSSR count). The Bertz CT molecular complexity index is 572. The van der Waals surface area contributed by atoms with Crippen molar-refractivity contribution in [1.82, 2.24) is 9.97 Å². The molecule has 0 fully saturated rings. The second-order valence-electron chi connectivity index (χ2n) is 5.35. The van der Waals surface area contributed by atoms with Crippen LogP contribution in [0.15, 0.2) is 24.3 Å². The summed E-state index contributed by atoms with van der Waals surface area (Å²) >= 11 is 5.93. The summed E-state index contributed by atoms with van der Waals surface area (Å²) in [4.78, 5) is 8.44. The van der Waals surface area contributed by atoms with Crippen LogP contribution in [0.25, 0.3) is 10.9 Å². The number of aliphatic hydroxyl groups is 1. The quantitative estimate of drug-likeness (QED) is 0.826. The summed E-state index contributed by atoms with van der Waals surface area (Å²) in [7, 11) is 0. The normalized spacial score (nSPS) is 11.8. The van der Waals surface area contributed by atoms with Crippen LogP contribution in [0.4, 0.5) is 5.82 Å². The molecule has 0 bridgehead atoms. The van der Waals surface area contributed by atoms with Gasteiger partial charge in [-0.15, -0.1) is 0 Å². The lowest BCUT2D eigenvalue weighted by Crippen LogP contribution is -2.24. The predicted octanol–water partition coefficient (Wildman–Crippen LogP) is 3.10. The van der Waals surface area contributed by atoms with Crippen LogP contribution in [0, 0.1) is 5.41 Å². The largest absolute Gasteiger partial charge is 0.396 e. The number of nitrogens with zero attached hydrogens (tertiary/aromatic N) is 2. The monoisotopic (exact) mass is 279 g/mol. The maximum absolute atomic E-state index is 9.04. The molecule has 19 heavy (non-hydrogen) atoms. The summed E-state index contributed by atoms with van der Waals surface area (Å²) in [5, 5.41) is 13.5. The number of rotatable bonds is 5. The summed E-state index contributed by atoms with van der Waals surface area (Å²) in [5.74, 6) is 0.738. The molecule has 5 heteroatoms. The average molecular weight is 280 g/mol. The Morgan fingerprint density at radius 2 is 2.00 bits per heavy atom. The second kappa shape index (κ2) is 5.72. The first-order valence-corrected chi connectivity index (χ1v) is 6.67. The van der Waals surface area contributed by atoms with Gasteiger partial charge in [0.05, 0.1) is 5.52 Å². The molecule has 0 aliphatic rings. The van der Waals surface area contributed by atoms with Gasteiger partial charge in [-0.3, -0.25) is 0 Å². The van der Waals surface area contributed by atoms with Crippen molar-refractivity contribution in [1.29, 1.82) is 0 Å². The number of anilines is 1. The van der Waals surface area contributed by atoms with Gasteiger partial charge in [0, 0.05) is 18.5 Å². The van der Waals surface area contributed by atoms with Crippen molar-refractivity contribution in [2.75, 3.05) is 18.5 Å². The third-order valence-corrected chi connectivity index (χ3v) is 3.27. The lowest BCUT2D eigenvalue weighted by molar-refractivity contribution is 0.220. The first-order chi connectivity index (χ1) is 9.02. The van der Waals surface area contributed by atoms with Gasteiger partial charge in [0.2, 0.25) is 5.28 Å². The Morgan fingerprint density at radius 1 is 1.26 bits per heavy atom. The molecule has 102 valence electrons. The molecule has 1 aromatic carbocycles. The molecule has 0 saturated carbocycles. The summed E-state index contributed by atoms with van der Waals surface area (Å²) in [6.45, 7) is 5.09. The Morgan fingerprint density at radius 3 is 2.74 bits per heavy atom. The summed E-state index contributed by atoms with van der Waals surface area (Å²) < 4.78 is 0. The van der Waals surface area contributed by atoms with Gasteiger partial charge in [-0.2, -0.15) is 0 Å². The molecule has 0 aliphatic carbocycles. The van der Waals surface area contributed by atoms with Crippen molar-refractivity contribution in [2.24, 2.45) is 5.41 Å². The van der Waals surface area contributed by atoms with E-state index in [2.05, 4.69) is 29.1 Å². The van der Waals surface area contributed by atoms with Crippen LogP contribution in [-0.2, 0) is 0 Å². The number of halogens is 1. The van der Waals surface area contributed by atoms with E-state index in [1.807, 2.05) is 24.3 Å². The fourth-order valence-corrected chi connectivity index (χ4v) is 2.07. The molecule has 1 aromatic heterocycles. The Balaban J connectivity index is 2.25. The van der Waals surface area contributed by atoms with Crippen LogP contribution < -0.4 is 5.32 Å². The number of fused-ring (bicyclic) bond motifs is 1. The Labute approximate surface area is 117 Å². The molecule has 0 aliphatic heterocycles. The van der Waals surface area contributed by atoms with Crippen molar-refractivity contribution in [3.8, 4) is 0 Å². The molecule has 0 unspecified atom stereocenters. The number of nitrogens with one attached hydrogen (secondary N) is 1. The van der Waals surface area contributed by atoms with E-state index >= 15 is 0 Å². The van der Waals surface area contributed by atoms with E-state index in [-0.39, 0.29) is 17.3 Å². The van der Waals surface area contributed by atoms with Crippen LogP contribution >= 0.6 is 11.6 Å². The Hall–Kier alpha value is -1.39. The molecular weight excluding hydrogens is 262 g/mol. The maximum Gasteiger partial charge on any atom is 0.224 e. The first-order valence-electron chi connectivity index (χ1n) is 6.29. The summed E-state index contributed by atoms with van der Waals surface area (Å²) in [5.41, 5.74) is 0.817. The second-order valence-corrected chi connectivity index (χ2v) is 5.69. The molecule has 2 aromatic rings. The predicted molar refractivity (Wildman–Crippen MR) is 78.5 cm³/mol. The van der Waals surface area contributed by atoms with E-state index in [9.17, 15) is 0 Å². The van der Waals surface area contributed by atoms with Crippen LogP contribution in [0.2, 0.25) is 5.28 Å². The van der Waals surface area contributed by atoms with Crippen LogP contribution in [-0.4, -0.2) is 28.2 Å². The number of aromatic nitrogens is 2. The minimum Gasteiger partial charge on any atom is -0.396 e. The third kappa shape index (κ3) is 3.55. The summed E-state index contributed by atoms with van der Waals surface area (Å²) in [6, 6.07) is 7.74. The molecule has 0 spiro atoms. The van der Waals surface area contributed by atoms with Crippen molar-refractivity contribution in [2.45, 2.75) is 20.3 Å². The molecule has 0 saturated heterocycles. The number of para-hydroxylation sites is 1. The topological polar surface area (TPSA) is 58.0 Å². The zero-order valence-electron chi connectivity index (χ0n) is 11.2. The Kier molecular flexibility index (Phi) is 4.22. The minimum atomic E-state index is -0.00667. The maximum atomic E-state index is 9.04. The van der Waals surface area contributed by atoms with Gasteiger partial charge in [0.15, 0.2) is 0 Å². The number of hydrogen-bond acceptors (Lipinski definition) is 4. The molecule has 0 atom stereocenters. The number of benzene rings is 1. The van der Waals surface area contributed by atoms with E-state index < -0.39 is 0 Å².